The Morgan fingerprint density at radius 3 is 2.79 bits per heavy atom. The molecule has 5 heteroatoms. The van der Waals surface area contributed by atoms with Gasteiger partial charge in [0.15, 0.2) is 0 Å². The highest BCUT2D eigenvalue weighted by Gasteiger charge is 2.20. The Morgan fingerprint density at radius 2 is 2.29 bits per heavy atom. The minimum Gasteiger partial charge on any atom is -0.481 e. The molecular weight excluding hydrogens is 253 g/mol. The van der Waals surface area contributed by atoms with Gasteiger partial charge in [-0.1, -0.05) is 15.9 Å². The van der Waals surface area contributed by atoms with Gasteiger partial charge in [0.25, 0.3) is 0 Å². The molecular formula is C9H9BrFNO2. The summed E-state index contributed by atoms with van der Waals surface area (Å²) in [5.41, 5.74) is 5.66. The van der Waals surface area contributed by atoms with Crippen LogP contribution >= 0.6 is 15.9 Å². The number of carbonyl (C=O) groups is 1. The number of nitrogens with two attached hydrogens (primary N) is 1. The first-order chi connectivity index (χ1) is 6.56. The van der Waals surface area contributed by atoms with Crippen LogP contribution < -0.4 is 5.73 Å². The first kappa shape index (κ1) is 11.1. The Labute approximate surface area is 88.9 Å². The van der Waals surface area contributed by atoms with E-state index in [0.29, 0.717) is 10.0 Å². The van der Waals surface area contributed by atoms with E-state index < -0.39 is 17.7 Å². The molecule has 1 unspecified atom stereocenters. The molecule has 0 saturated carbocycles. The lowest BCUT2D eigenvalue weighted by molar-refractivity contribution is -0.138. The fraction of sp³-hybridized carbons (Fsp3) is 0.222. The van der Waals surface area contributed by atoms with Crippen LogP contribution in [-0.4, -0.2) is 17.6 Å². The number of rotatable bonds is 3. The average molecular weight is 262 g/mol. The molecule has 1 aromatic rings. The van der Waals surface area contributed by atoms with Gasteiger partial charge in [-0.2, -0.15) is 0 Å². The maximum absolute atomic E-state index is 12.9. The molecule has 0 spiro atoms. The lowest BCUT2D eigenvalue weighted by atomic mass is 9.99. The van der Waals surface area contributed by atoms with Gasteiger partial charge in [-0.15, -0.1) is 0 Å². The first-order valence-electron chi connectivity index (χ1n) is 3.94. The Kier molecular flexibility index (Phi) is 3.60. The molecule has 3 nitrogen and oxygen atoms in total. The smallest absolute Gasteiger partial charge is 0.312 e. The lowest BCUT2D eigenvalue weighted by Crippen LogP contribution is -2.21. The number of carboxylic acid groups (broad SMARTS) is 1. The van der Waals surface area contributed by atoms with Crippen LogP contribution in [-0.2, 0) is 4.79 Å². The molecule has 0 heterocycles. The summed E-state index contributed by atoms with van der Waals surface area (Å²) in [4.78, 5) is 10.8. The number of benzene rings is 1. The molecule has 0 aromatic heterocycles. The third-order valence-corrected chi connectivity index (χ3v) is 2.59. The van der Waals surface area contributed by atoms with E-state index in [0.717, 1.165) is 0 Å². The monoisotopic (exact) mass is 261 g/mol. The second-order valence-corrected chi connectivity index (χ2v) is 3.65. The van der Waals surface area contributed by atoms with Gasteiger partial charge in [0.05, 0.1) is 5.92 Å². The number of aliphatic carboxylic acids is 1. The summed E-state index contributed by atoms with van der Waals surface area (Å²) in [6, 6.07) is 3.90. The highest BCUT2D eigenvalue weighted by Crippen LogP contribution is 2.25. The molecule has 0 aliphatic carbocycles. The SMILES string of the molecule is NCC(C(=O)O)c1cc(F)ccc1Br. The van der Waals surface area contributed by atoms with Crippen molar-refractivity contribution in [1.29, 1.82) is 0 Å². The van der Waals surface area contributed by atoms with Gasteiger partial charge in [-0.3, -0.25) is 4.79 Å². The van der Waals surface area contributed by atoms with Crippen molar-refractivity contribution >= 4 is 21.9 Å². The minimum absolute atomic E-state index is 0.0581. The summed E-state index contributed by atoms with van der Waals surface area (Å²) in [6.07, 6.45) is 0. The predicted octanol–water partition coefficient (Wildman–Crippen LogP) is 1.72. The Morgan fingerprint density at radius 1 is 1.64 bits per heavy atom. The summed E-state index contributed by atoms with van der Waals surface area (Å²) < 4.78 is 13.4. The molecule has 0 bridgehead atoms. The molecule has 3 N–H and O–H groups in total. The van der Waals surface area contributed by atoms with Crippen molar-refractivity contribution in [3.63, 3.8) is 0 Å². The van der Waals surface area contributed by atoms with E-state index in [4.69, 9.17) is 10.8 Å². The van der Waals surface area contributed by atoms with Crippen LogP contribution in [0.3, 0.4) is 0 Å². The van der Waals surface area contributed by atoms with Crippen LogP contribution in [0.25, 0.3) is 0 Å². The van der Waals surface area contributed by atoms with E-state index in [-0.39, 0.29) is 6.54 Å². The molecule has 14 heavy (non-hydrogen) atoms. The second kappa shape index (κ2) is 4.52. The zero-order valence-electron chi connectivity index (χ0n) is 7.21. The normalized spacial score (nSPS) is 12.5. The zero-order valence-corrected chi connectivity index (χ0v) is 8.79. The summed E-state index contributed by atoms with van der Waals surface area (Å²) in [5, 5.41) is 8.82. The molecule has 0 amide bonds. The van der Waals surface area contributed by atoms with Gasteiger partial charge in [-0.25, -0.2) is 4.39 Å². The van der Waals surface area contributed by atoms with Gasteiger partial charge in [0, 0.05) is 11.0 Å². The van der Waals surface area contributed by atoms with Crippen LogP contribution in [0.5, 0.6) is 0 Å². The Balaban J connectivity index is 3.15. The molecule has 0 aliphatic heterocycles. The van der Waals surface area contributed by atoms with Crippen LogP contribution in [0.2, 0.25) is 0 Å². The van der Waals surface area contributed by atoms with E-state index in [9.17, 15) is 9.18 Å². The van der Waals surface area contributed by atoms with Crippen molar-refractivity contribution in [3.8, 4) is 0 Å². The molecule has 1 aromatic carbocycles. The highest BCUT2D eigenvalue weighted by molar-refractivity contribution is 9.10. The van der Waals surface area contributed by atoms with E-state index >= 15 is 0 Å². The average Bonchev–Trinajstić information content (AvgIpc) is 2.11. The third kappa shape index (κ3) is 2.30. The molecule has 76 valence electrons. The number of hydrogen-bond donors (Lipinski definition) is 2. The van der Waals surface area contributed by atoms with Crippen molar-refractivity contribution in [3.05, 3.63) is 34.1 Å². The fourth-order valence-electron chi connectivity index (χ4n) is 1.14. The Bertz CT molecular complexity index is 357. The zero-order chi connectivity index (χ0) is 10.7. The van der Waals surface area contributed by atoms with Gasteiger partial charge >= 0.3 is 5.97 Å². The van der Waals surface area contributed by atoms with Crippen LogP contribution in [0, 0.1) is 5.82 Å². The van der Waals surface area contributed by atoms with Gasteiger partial charge < -0.3 is 10.8 Å². The van der Waals surface area contributed by atoms with Gasteiger partial charge in [0.2, 0.25) is 0 Å². The fourth-order valence-corrected chi connectivity index (χ4v) is 1.67. The maximum Gasteiger partial charge on any atom is 0.312 e. The largest absolute Gasteiger partial charge is 0.481 e. The van der Waals surface area contributed by atoms with E-state index in [1.165, 1.54) is 18.2 Å². The van der Waals surface area contributed by atoms with Crippen LogP contribution in [0.4, 0.5) is 4.39 Å². The van der Waals surface area contributed by atoms with Crippen LogP contribution in [0.1, 0.15) is 11.5 Å². The minimum atomic E-state index is -1.06. The van der Waals surface area contributed by atoms with Crippen molar-refractivity contribution in [2.24, 2.45) is 5.73 Å². The summed E-state index contributed by atoms with van der Waals surface area (Å²) in [5.74, 6) is -2.40. The molecule has 0 aliphatic rings. The molecule has 0 radical (unpaired) electrons. The maximum atomic E-state index is 12.9. The third-order valence-electron chi connectivity index (χ3n) is 1.87. The summed E-state index contributed by atoms with van der Waals surface area (Å²) >= 11 is 3.15. The second-order valence-electron chi connectivity index (χ2n) is 2.79. The van der Waals surface area contributed by atoms with Crippen molar-refractivity contribution < 1.29 is 14.3 Å². The van der Waals surface area contributed by atoms with E-state index in [2.05, 4.69) is 15.9 Å². The predicted molar refractivity (Wildman–Crippen MR) is 53.5 cm³/mol. The molecule has 1 atom stereocenters. The number of hydrogen-bond acceptors (Lipinski definition) is 2. The van der Waals surface area contributed by atoms with Crippen molar-refractivity contribution in [2.75, 3.05) is 6.54 Å². The van der Waals surface area contributed by atoms with E-state index in [1.807, 2.05) is 0 Å². The molecule has 1 rings (SSSR count). The summed E-state index contributed by atoms with van der Waals surface area (Å²) in [7, 11) is 0. The van der Waals surface area contributed by atoms with Crippen LogP contribution in [0.15, 0.2) is 22.7 Å². The number of halogens is 2. The summed E-state index contributed by atoms with van der Waals surface area (Å²) in [6.45, 7) is -0.0581. The quantitative estimate of drug-likeness (QED) is 0.871. The van der Waals surface area contributed by atoms with Gasteiger partial charge in [0.1, 0.15) is 5.82 Å². The molecule has 0 saturated heterocycles. The van der Waals surface area contributed by atoms with Crippen molar-refractivity contribution in [1.82, 2.24) is 0 Å². The van der Waals surface area contributed by atoms with Gasteiger partial charge in [-0.05, 0) is 23.8 Å². The first-order valence-corrected chi connectivity index (χ1v) is 4.73. The highest BCUT2D eigenvalue weighted by atomic mass is 79.9. The topological polar surface area (TPSA) is 63.3 Å². The lowest BCUT2D eigenvalue weighted by Gasteiger charge is -2.11. The number of carboxylic acids is 1. The van der Waals surface area contributed by atoms with Crippen molar-refractivity contribution in [2.45, 2.75) is 5.92 Å². The van der Waals surface area contributed by atoms with E-state index in [1.54, 1.807) is 0 Å². The standard InChI is InChI=1S/C9H9BrFNO2/c10-8-2-1-5(11)3-6(8)7(4-12)9(13)14/h1-3,7H,4,12H2,(H,13,14). The molecule has 0 fully saturated rings. The Hall–Kier alpha value is -0.940.